The molecule has 0 fully saturated rings. The largest absolute Gasteiger partial charge is 0.511 e. The first kappa shape index (κ1) is 27.2. The minimum absolute atomic E-state index is 0.0446. The van der Waals surface area contributed by atoms with Gasteiger partial charge in [0.15, 0.2) is 5.34 Å². The predicted molar refractivity (Wildman–Crippen MR) is 113 cm³/mol. The van der Waals surface area contributed by atoms with E-state index in [0.29, 0.717) is 23.4 Å². The molecule has 188 valence electrons. The summed E-state index contributed by atoms with van der Waals surface area (Å²) in [5.74, 6) is -1.47. The van der Waals surface area contributed by atoms with Crippen LogP contribution in [0.25, 0.3) is 6.08 Å². The van der Waals surface area contributed by atoms with Gasteiger partial charge in [-0.25, -0.2) is 9.59 Å². The van der Waals surface area contributed by atoms with E-state index in [0.717, 1.165) is 6.08 Å². The number of carbonyl (C=O) groups excluding carboxylic acids is 2. The summed E-state index contributed by atoms with van der Waals surface area (Å²) >= 11 is 6.27. The minimum Gasteiger partial charge on any atom is -0.475 e. The van der Waals surface area contributed by atoms with Crippen molar-refractivity contribution in [3.63, 3.8) is 0 Å². The van der Waals surface area contributed by atoms with E-state index in [1.807, 2.05) is 20.8 Å². The Morgan fingerprint density at radius 1 is 1.09 bits per heavy atom. The van der Waals surface area contributed by atoms with E-state index in [9.17, 15) is 27.7 Å². The average Bonchev–Trinajstić information content (AvgIpc) is 2.73. The summed E-state index contributed by atoms with van der Waals surface area (Å²) < 4.78 is 59.8. The van der Waals surface area contributed by atoms with E-state index < -0.39 is 42.2 Å². The van der Waals surface area contributed by atoms with E-state index in [4.69, 9.17) is 16.3 Å². The molecule has 0 spiro atoms. The highest BCUT2D eigenvalue weighted by atomic mass is 35.5. The van der Waals surface area contributed by atoms with E-state index in [1.165, 1.54) is 12.1 Å². The van der Waals surface area contributed by atoms with Gasteiger partial charge < -0.3 is 23.8 Å². The van der Waals surface area contributed by atoms with Crippen molar-refractivity contribution in [1.29, 1.82) is 0 Å². The zero-order chi connectivity index (χ0) is 25.5. The van der Waals surface area contributed by atoms with Gasteiger partial charge in [0.1, 0.15) is 12.4 Å². The summed E-state index contributed by atoms with van der Waals surface area (Å²) in [5, 5.41) is 2.49. The van der Waals surface area contributed by atoms with Crippen molar-refractivity contribution in [2.24, 2.45) is 5.34 Å². The molecule has 0 amide bonds. The maximum Gasteiger partial charge on any atom is 0.511 e. The highest BCUT2D eigenvalue weighted by Crippen LogP contribution is 2.42. The molecule has 1 aliphatic heterocycles. The van der Waals surface area contributed by atoms with Crippen molar-refractivity contribution in [2.75, 3.05) is 20.0 Å². The Morgan fingerprint density at radius 3 is 2.38 bits per heavy atom. The van der Waals surface area contributed by atoms with Gasteiger partial charge in [-0.05, 0) is 42.0 Å². The molecule has 0 aliphatic carbocycles. The summed E-state index contributed by atoms with van der Waals surface area (Å²) in [6.07, 6.45) is -7.02. The molecule has 1 aliphatic rings. The summed E-state index contributed by atoms with van der Waals surface area (Å²) in [7, 11) is 0. The first-order chi connectivity index (χ1) is 15.8. The molecular formula is C21H23ClF3NO8. The van der Waals surface area contributed by atoms with Gasteiger partial charge in [0.2, 0.25) is 12.9 Å². The van der Waals surface area contributed by atoms with Crippen LogP contribution < -0.4 is 4.74 Å². The Labute approximate surface area is 198 Å². The molecule has 1 aromatic carbocycles. The molecule has 0 bridgehead atoms. The number of unbranched alkanes of at least 4 members (excludes halogenated alkanes) is 1. The van der Waals surface area contributed by atoms with Crippen LogP contribution in [-0.2, 0) is 29.3 Å². The number of esters is 1. The number of alkyl halides is 3. The second-order valence-corrected chi connectivity index (χ2v) is 8.57. The monoisotopic (exact) mass is 509 g/mol. The highest BCUT2D eigenvalue weighted by Gasteiger charge is 2.49. The number of fused-ring (bicyclic) bond motifs is 1. The lowest BCUT2D eigenvalue weighted by atomic mass is 9.85. The Hall–Kier alpha value is -3.02. The molecule has 0 saturated carbocycles. The second kappa shape index (κ2) is 11.4. The quantitative estimate of drug-likeness (QED) is 0.141. The van der Waals surface area contributed by atoms with Crippen molar-refractivity contribution in [3.8, 4) is 5.75 Å². The van der Waals surface area contributed by atoms with E-state index in [-0.39, 0.29) is 24.5 Å². The molecule has 0 saturated heterocycles. The van der Waals surface area contributed by atoms with Crippen molar-refractivity contribution < 1.29 is 46.5 Å². The summed E-state index contributed by atoms with van der Waals surface area (Å²) in [6, 6.07) is 2.82. The van der Waals surface area contributed by atoms with Crippen LogP contribution in [-0.4, -0.2) is 44.4 Å². The van der Waals surface area contributed by atoms with Gasteiger partial charge in [-0.1, -0.05) is 32.4 Å². The fourth-order valence-electron chi connectivity index (χ4n) is 2.92. The minimum atomic E-state index is -4.92. The van der Waals surface area contributed by atoms with E-state index in [1.54, 1.807) is 0 Å². The number of rotatable bonds is 9. The lowest BCUT2D eigenvalue weighted by Crippen LogP contribution is -2.41. The van der Waals surface area contributed by atoms with E-state index in [2.05, 4.69) is 24.4 Å². The number of benzene rings is 1. The lowest BCUT2D eigenvalue weighted by Gasteiger charge is -2.30. The van der Waals surface area contributed by atoms with Crippen LogP contribution in [0.1, 0.15) is 44.7 Å². The fourth-order valence-corrected chi connectivity index (χ4v) is 3.37. The SMILES string of the molecule is CC(C)(C)c1cc2c(cc1Cl)C=C(C(=O)OCOC(=O)OCCCCON=O)[C@@H](C(F)(F)F)O2. The number of hydrogen-bond donors (Lipinski definition) is 0. The molecule has 2 rings (SSSR count). The van der Waals surface area contributed by atoms with Crippen molar-refractivity contribution in [2.45, 2.75) is 51.3 Å². The van der Waals surface area contributed by atoms with Gasteiger partial charge in [-0.15, -0.1) is 4.91 Å². The third-order valence-electron chi connectivity index (χ3n) is 4.55. The maximum absolute atomic E-state index is 13.6. The summed E-state index contributed by atoms with van der Waals surface area (Å²) in [6.45, 7) is 4.51. The standard InChI is InChI=1S/C21H23ClF3NO8/c1-20(2,3)14-10-16-12(9-15(14)22)8-13(17(34-16)21(23,24)25)18(27)31-11-32-19(28)30-6-4-5-7-33-26-29/h8-10,17H,4-7,11H2,1-3H3/t17-/m0/s1. The Bertz CT molecular complexity index is 943. The van der Waals surface area contributed by atoms with Gasteiger partial charge in [0.25, 0.3) is 0 Å². The fraction of sp³-hybridized carbons (Fsp3) is 0.524. The molecule has 0 unspecified atom stereocenters. The predicted octanol–water partition coefficient (Wildman–Crippen LogP) is 5.48. The summed E-state index contributed by atoms with van der Waals surface area (Å²) in [4.78, 5) is 37.7. The maximum atomic E-state index is 13.6. The molecule has 9 nitrogen and oxygen atoms in total. The number of hydrogen-bond acceptors (Lipinski definition) is 9. The molecule has 0 N–H and O–H groups in total. The third kappa shape index (κ3) is 7.51. The van der Waals surface area contributed by atoms with Gasteiger partial charge in [-0.3, -0.25) is 0 Å². The molecule has 1 heterocycles. The Morgan fingerprint density at radius 2 is 1.76 bits per heavy atom. The van der Waals surface area contributed by atoms with Crippen molar-refractivity contribution in [3.05, 3.63) is 38.8 Å². The average molecular weight is 510 g/mol. The third-order valence-corrected chi connectivity index (χ3v) is 4.86. The molecule has 13 heteroatoms. The topological polar surface area (TPSA) is 110 Å². The zero-order valence-electron chi connectivity index (χ0n) is 18.6. The molecule has 0 aromatic heterocycles. The highest BCUT2D eigenvalue weighted by molar-refractivity contribution is 6.31. The molecule has 0 radical (unpaired) electrons. The molecule has 34 heavy (non-hydrogen) atoms. The van der Waals surface area contributed by atoms with E-state index >= 15 is 0 Å². The molecule has 1 atom stereocenters. The number of nitrogens with zero attached hydrogens (tertiary/aromatic N) is 1. The zero-order valence-corrected chi connectivity index (χ0v) is 19.3. The van der Waals surface area contributed by atoms with Gasteiger partial charge in [0, 0.05) is 10.6 Å². The van der Waals surface area contributed by atoms with Crippen LogP contribution in [0, 0.1) is 4.91 Å². The number of halogens is 4. The van der Waals surface area contributed by atoms with Crippen LogP contribution in [0.3, 0.4) is 0 Å². The van der Waals surface area contributed by atoms with Crippen LogP contribution in [0.5, 0.6) is 5.75 Å². The smallest absolute Gasteiger partial charge is 0.475 e. The number of ether oxygens (including phenoxy) is 4. The molecule has 1 aromatic rings. The van der Waals surface area contributed by atoms with Crippen LogP contribution in [0.2, 0.25) is 5.02 Å². The van der Waals surface area contributed by atoms with Crippen molar-refractivity contribution >= 4 is 29.8 Å². The Balaban J connectivity index is 2.04. The van der Waals surface area contributed by atoms with Gasteiger partial charge in [-0.2, -0.15) is 13.2 Å². The first-order valence-corrected chi connectivity index (χ1v) is 10.4. The van der Waals surface area contributed by atoms with Crippen LogP contribution in [0.4, 0.5) is 18.0 Å². The normalized spacial score (nSPS) is 15.4. The first-order valence-electron chi connectivity index (χ1n) is 10.0. The summed E-state index contributed by atoms with van der Waals surface area (Å²) in [5.41, 5.74) is -0.550. The Kier molecular flexibility index (Phi) is 9.14. The molecular weight excluding hydrogens is 487 g/mol. The van der Waals surface area contributed by atoms with Gasteiger partial charge >= 0.3 is 18.3 Å². The lowest BCUT2D eigenvalue weighted by molar-refractivity contribution is -0.189. The second-order valence-electron chi connectivity index (χ2n) is 8.17. The van der Waals surface area contributed by atoms with Crippen LogP contribution in [0.15, 0.2) is 23.0 Å². The van der Waals surface area contributed by atoms with Crippen molar-refractivity contribution in [1.82, 2.24) is 0 Å². The van der Waals surface area contributed by atoms with Crippen LogP contribution >= 0.6 is 11.6 Å². The number of carbonyl (C=O) groups is 2. The van der Waals surface area contributed by atoms with Gasteiger partial charge in [0.05, 0.1) is 12.2 Å².